The van der Waals surface area contributed by atoms with E-state index in [1.165, 1.54) is 13.1 Å². The van der Waals surface area contributed by atoms with Gasteiger partial charge in [-0.1, -0.05) is 22.0 Å². The van der Waals surface area contributed by atoms with Crippen molar-refractivity contribution in [3.8, 4) is 0 Å². The molecule has 3 aromatic carbocycles. The highest BCUT2D eigenvalue weighted by atomic mass is 79.9. The van der Waals surface area contributed by atoms with Gasteiger partial charge < -0.3 is 16.0 Å². The van der Waals surface area contributed by atoms with Crippen LogP contribution in [0.25, 0.3) is 0 Å². The number of rotatable bonds is 5. The van der Waals surface area contributed by atoms with Crippen molar-refractivity contribution in [3.05, 3.63) is 93.7 Å². The summed E-state index contributed by atoms with van der Waals surface area (Å²) in [6.45, 7) is 0. The molecular formula is C22H17BrFN3O3. The minimum atomic E-state index is -0.592. The maximum atomic E-state index is 13.8. The first-order chi connectivity index (χ1) is 14.4. The minimum Gasteiger partial charge on any atom is -0.355 e. The van der Waals surface area contributed by atoms with Crippen molar-refractivity contribution in [2.45, 2.75) is 0 Å². The fourth-order valence-electron chi connectivity index (χ4n) is 2.69. The molecule has 0 atom stereocenters. The molecule has 0 saturated heterocycles. The number of nitrogens with one attached hydrogen (secondary N) is 3. The number of hydrogen-bond donors (Lipinski definition) is 3. The zero-order chi connectivity index (χ0) is 21.7. The Morgan fingerprint density at radius 3 is 2.20 bits per heavy atom. The lowest BCUT2D eigenvalue weighted by molar-refractivity contribution is 0.0961. The first kappa shape index (κ1) is 21.2. The normalized spacial score (nSPS) is 10.2. The molecule has 0 bridgehead atoms. The number of carbonyl (C=O) groups is 3. The Morgan fingerprint density at radius 1 is 0.800 bits per heavy atom. The van der Waals surface area contributed by atoms with Gasteiger partial charge in [-0.05, 0) is 60.7 Å². The van der Waals surface area contributed by atoms with E-state index in [2.05, 4.69) is 31.9 Å². The van der Waals surface area contributed by atoms with E-state index in [9.17, 15) is 18.8 Å². The second-order valence-corrected chi connectivity index (χ2v) is 7.18. The monoisotopic (exact) mass is 469 g/mol. The molecule has 0 unspecified atom stereocenters. The Kier molecular flexibility index (Phi) is 6.58. The van der Waals surface area contributed by atoms with E-state index < -0.39 is 17.6 Å². The second-order valence-electron chi connectivity index (χ2n) is 6.26. The lowest BCUT2D eigenvalue weighted by Gasteiger charge is -2.12. The third kappa shape index (κ3) is 5.09. The van der Waals surface area contributed by atoms with Gasteiger partial charge in [0.05, 0.1) is 11.3 Å². The smallest absolute Gasteiger partial charge is 0.257 e. The molecule has 152 valence electrons. The van der Waals surface area contributed by atoms with Crippen LogP contribution in [0.15, 0.2) is 71.2 Å². The molecule has 0 heterocycles. The number of halogens is 2. The summed E-state index contributed by atoms with van der Waals surface area (Å²) < 4.78 is 14.5. The van der Waals surface area contributed by atoms with Crippen molar-refractivity contribution in [3.63, 3.8) is 0 Å². The molecule has 0 aliphatic rings. The molecule has 0 saturated carbocycles. The second kappa shape index (κ2) is 9.32. The van der Waals surface area contributed by atoms with Gasteiger partial charge in [0.15, 0.2) is 0 Å². The maximum Gasteiger partial charge on any atom is 0.257 e. The summed E-state index contributed by atoms with van der Waals surface area (Å²) in [5.74, 6) is -1.85. The standard InChI is InChI=1S/C22H17BrFN3O3/c1-25-20(28)13-5-8-17(9-6-13)26-22(30)18-10-7-16(24)12-19(18)27-21(29)14-3-2-4-15(23)11-14/h2-12H,1H3,(H,25,28)(H,26,30)(H,27,29). The average molecular weight is 470 g/mol. The summed E-state index contributed by atoms with van der Waals surface area (Å²) in [6, 6.07) is 16.5. The van der Waals surface area contributed by atoms with Crippen molar-refractivity contribution in [1.82, 2.24) is 5.32 Å². The lowest BCUT2D eigenvalue weighted by Crippen LogP contribution is -2.19. The SMILES string of the molecule is CNC(=O)c1ccc(NC(=O)c2ccc(F)cc2NC(=O)c2cccc(Br)c2)cc1. The Balaban J connectivity index is 1.81. The molecule has 3 amide bonds. The zero-order valence-corrected chi connectivity index (χ0v) is 17.4. The van der Waals surface area contributed by atoms with Crippen LogP contribution in [0.5, 0.6) is 0 Å². The average Bonchev–Trinajstić information content (AvgIpc) is 2.73. The molecule has 3 N–H and O–H groups in total. The quantitative estimate of drug-likeness (QED) is 0.515. The van der Waals surface area contributed by atoms with Crippen molar-refractivity contribution in [2.24, 2.45) is 0 Å². The number of amides is 3. The van der Waals surface area contributed by atoms with Crippen LogP contribution in [0.2, 0.25) is 0 Å². The van der Waals surface area contributed by atoms with Crippen molar-refractivity contribution < 1.29 is 18.8 Å². The molecule has 0 aliphatic carbocycles. The van der Waals surface area contributed by atoms with Crippen LogP contribution in [0.1, 0.15) is 31.1 Å². The summed E-state index contributed by atoms with van der Waals surface area (Å²) in [4.78, 5) is 36.8. The number of carbonyl (C=O) groups excluding carboxylic acids is 3. The first-order valence-corrected chi connectivity index (χ1v) is 9.66. The van der Waals surface area contributed by atoms with Gasteiger partial charge in [-0.2, -0.15) is 0 Å². The Hall–Kier alpha value is -3.52. The van der Waals surface area contributed by atoms with Gasteiger partial charge in [0, 0.05) is 28.3 Å². The number of benzene rings is 3. The zero-order valence-electron chi connectivity index (χ0n) is 15.8. The third-order valence-corrected chi connectivity index (χ3v) is 4.69. The third-order valence-electron chi connectivity index (χ3n) is 4.19. The summed E-state index contributed by atoms with van der Waals surface area (Å²) in [5.41, 5.74) is 1.37. The molecule has 30 heavy (non-hydrogen) atoms. The highest BCUT2D eigenvalue weighted by Gasteiger charge is 2.16. The van der Waals surface area contributed by atoms with Crippen LogP contribution >= 0.6 is 15.9 Å². The Morgan fingerprint density at radius 2 is 1.53 bits per heavy atom. The van der Waals surface area contributed by atoms with Crippen LogP contribution in [-0.2, 0) is 0 Å². The molecule has 6 nitrogen and oxygen atoms in total. The topological polar surface area (TPSA) is 87.3 Å². The number of hydrogen-bond acceptors (Lipinski definition) is 3. The molecule has 0 radical (unpaired) electrons. The van der Waals surface area contributed by atoms with E-state index in [4.69, 9.17) is 0 Å². The first-order valence-electron chi connectivity index (χ1n) is 8.87. The lowest BCUT2D eigenvalue weighted by atomic mass is 10.1. The van der Waals surface area contributed by atoms with Crippen LogP contribution in [0.3, 0.4) is 0 Å². The van der Waals surface area contributed by atoms with E-state index in [-0.39, 0.29) is 17.2 Å². The molecule has 0 fully saturated rings. The van der Waals surface area contributed by atoms with Crippen LogP contribution < -0.4 is 16.0 Å². The van der Waals surface area contributed by atoms with Crippen molar-refractivity contribution >= 4 is 45.0 Å². The summed E-state index contributed by atoms with van der Waals surface area (Å²) in [5, 5.41) is 7.76. The van der Waals surface area contributed by atoms with E-state index in [0.717, 1.165) is 12.1 Å². The van der Waals surface area contributed by atoms with Crippen molar-refractivity contribution in [1.29, 1.82) is 0 Å². The van der Waals surface area contributed by atoms with E-state index in [1.807, 2.05) is 0 Å². The van der Waals surface area contributed by atoms with Crippen molar-refractivity contribution in [2.75, 3.05) is 17.7 Å². The highest BCUT2D eigenvalue weighted by Crippen LogP contribution is 2.21. The summed E-state index contributed by atoms with van der Waals surface area (Å²) >= 11 is 3.29. The van der Waals surface area contributed by atoms with Gasteiger partial charge in [-0.15, -0.1) is 0 Å². The number of anilines is 2. The molecule has 3 rings (SSSR count). The molecule has 0 aliphatic heterocycles. The fourth-order valence-corrected chi connectivity index (χ4v) is 3.09. The van der Waals surface area contributed by atoms with Gasteiger partial charge in [-0.3, -0.25) is 14.4 Å². The maximum absolute atomic E-state index is 13.8. The predicted molar refractivity (Wildman–Crippen MR) is 116 cm³/mol. The summed E-state index contributed by atoms with van der Waals surface area (Å²) in [6.07, 6.45) is 0. The van der Waals surface area contributed by atoms with E-state index in [1.54, 1.807) is 48.5 Å². The van der Waals surface area contributed by atoms with Gasteiger partial charge in [0.25, 0.3) is 17.7 Å². The van der Waals surface area contributed by atoms with Gasteiger partial charge in [0.2, 0.25) is 0 Å². The van der Waals surface area contributed by atoms with E-state index >= 15 is 0 Å². The molecule has 8 heteroatoms. The van der Waals surface area contributed by atoms with Crippen LogP contribution in [-0.4, -0.2) is 24.8 Å². The molecule has 3 aromatic rings. The highest BCUT2D eigenvalue weighted by molar-refractivity contribution is 9.10. The Labute approximate surface area is 180 Å². The summed E-state index contributed by atoms with van der Waals surface area (Å²) in [7, 11) is 1.52. The molecule has 0 aromatic heterocycles. The predicted octanol–water partition coefficient (Wildman–Crippen LogP) is 4.45. The van der Waals surface area contributed by atoms with Crippen LogP contribution in [0.4, 0.5) is 15.8 Å². The van der Waals surface area contributed by atoms with E-state index in [0.29, 0.717) is 21.3 Å². The van der Waals surface area contributed by atoms with Gasteiger partial charge in [-0.25, -0.2) is 4.39 Å². The molecular weight excluding hydrogens is 453 g/mol. The molecule has 0 spiro atoms. The fraction of sp³-hybridized carbons (Fsp3) is 0.0455. The minimum absolute atomic E-state index is 0.0412. The van der Waals surface area contributed by atoms with Gasteiger partial charge >= 0.3 is 0 Å². The Bertz CT molecular complexity index is 1120. The van der Waals surface area contributed by atoms with Gasteiger partial charge in [0.1, 0.15) is 5.82 Å². The van der Waals surface area contributed by atoms with Crippen LogP contribution in [0, 0.1) is 5.82 Å². The largest absolute Gasteiger partial charge is 0.355 e.